The number of para-hydroxylation sites is 1. The van der Waals surface area contributed by atoms with Crippen LogP contribution in [0, 0.1) is 0 Å². The molecule has 1 amide bonds. The van der Waals surface area contributed by atoms with Crippen molar-refractivity contribution >= 4 is 11.6 Å². The van der Waals surface area contributed by atoms with Crippen molar-refractivity contribution in [1.82, 2.24) is 15.1 Å². The number of anilines is 1. The molecule has 0 atom stereocenters. The summed E-state index contributed by atoms with van der Waals surface area (Å²) in [7, 11) is 1.85. The molecule has 0 saturated heterocycles. The fraction of sp³-hybridized carbons (Fsp3) is 0.400. The topological polar surface area (TPSA) is 71.3 Å². The Hall–Kier alpha value is -2.21. The second-order valence-corrected chi connectivity index (χ2v) is 5.39. The van der Waals surface area contributed by atoms with Gasteiger partial charge in [0, 0.05) is 11.6 Å². The standard InChI is InChI=1S/C15H18N4O2/c1-19(9-13(20)16-12-5-3-2-4-6-12)10-14-17-18-15(21-14)11-7-8-11/h2-6,11H,7-10H2,1H3,(H,16,20). The predicted molar refractivity (Wildman–Crippen MR) is 77.7 cm³/mol. The van der Waals surface area contributed by atoms with Crippen molar-refractivity contribution in [2.45, 2.75) is 25.3 Å². The fourth-order valence-corrected chi connectivity index (χ4v) is 2.08. The summed E-state index contributed by atoms with van der Waals surface area (Å²) in [5, 5.41) is 10.9. The predicted octanol–water partition coefficient (Wildman–Crippen LogP) is 2.02. The zero-order valence-electron chi connectivity index (χ0n) is 12.0. The monoisotopic (exact) mass is 286 g/mol. The summed E-state index contributed by atoms with van der Waals surface area (Å²) < 4.78 is 5.58. The van der Waals surface area contributed by atoms with Gasteiger partial charge in [0.2, 0.25) is 17.7 Å². The summed E-state index contributed by atoms with van der Waals surface area (Å²) in [6.07, 6.45) is 2.27. The van der Waals surface area contributed by atoms with Gasteiger partial charge in [-0.15, -0.1) is 10.2 Å². The Bertz CT molecular complexity index is 607. The smallest absolute Gasteiger partial charge is 0.238 e. The number of carbonyl (C=O) groups is 1. The maximum Gasteiger partial charge on any atom is 0.238 e. The maximum atomic E-state index is 11.9. The zero-order chi connectivity index (χ0) is 14.7. The summed E-state index contributed by atoms with van der Waals surface area (Å²) in [5.41, 5.74) is 0.796. The number of carbonyl (C=O) groups excluding carboxylic acids is 1. The molecular formula is C15H18N4O2. The van der Waals surface area contributed by atoms with E-state index in [0.717, 1.165) is 24.4 Å². The molecule has 1 saturated carbocycles. The quantitative estimate of drug-likeness (QED) is 0.879. The first-order chi connectivity index (χ1) is 10.2. The van der Waals surface area contributed by atoms with Crippen LogP contribution >= 0.6 is 0 Å². The number of hydrogen-bond acceptors (Lipinski definition) is 5. The first kappa shape index (κ1) is 13.8. The van der Waals surface area contributed by atoms with Crippen molar-refractivity contribution in [3.8, 4) is 0 Å². The Labute approximate surface area is 123 Å². The van der Waals surface area contributed by atoms with Crippen LogP contribution in [0.3, 0.4) is 0 Å². The molecule has 0 unspecified atom stereocenters. The largest absolute Gasteiger partial charge is 0.424 e. The van der Waals surface area contributed by atoms with Crippen LogP contribution in [-0.4, -0.2) is 34.6 Å². The Morgan fingerprint density at radius 2 is 2.10 bits per heavy atom. The molecule has 3 rings (SSSR count). The van der Waals surface area contributed by atoms with E-state index in [9.17, 15) is 4.79 Å². The molecule has 1 aromatic heterocycles. The van der Waals surface area contributed by atoms with Gasteiger partial charge in [-0.2, -0.15) is 0 Å². The number of amides is 1. The van der Waals surface area contributed by atoms with Gasteiger partial charge in [0.15, 0.2) is 0 Å². The molecule has 1 aromatic carbocycles. The molecule has 110 valence electrons. The van der Waals surface area contributed by atoms with Gasteiger partial charge in [0.1, 0.15) is 0 Å². The lowest BCUT2D eigenvalue weighted by Crippen LogP contribution is -2.29. The highest BCUT2D eigenvalue weighted by atomic mass is 16.4. The molecule has 0 aliphatic heterocycles. The average Bonchev–Trinajstić information content (AvgIpc) is 3.20. The molecule has 6 heteroatoms. The van der Waals surface area contributed by atoms with Gasteiger partial charge in [0.05, 0.1) is 13.1 Å². The van der Waals surface area contributed by atoms with E-state index in [1.807, 2.05) is 42.3 Å². The highest BCUT2D eigenvalue weighted by Crippen LogP contribution is 2.39. The van der Waals surface area contributed by atoms with Gasteiger partial charge < -0.3 is 9.73 Å². The number of aromatic nitrogens is 2. The van der Waals surface area contributed by atoms with E-state index in [1.54, 1.807) is 0 Å². The summed E-state index contributed by atoms with van der Waals surface area (Å²) in [6.45, 7) is 0.748. The summed E-state index contributed by atoms with van der Waals surface area (Å²) in [4.78, 5) is 13.8. The highest BCUT2D eigenvalue weighted by Gasteiger charge is 2.29. The third kappa shape index (κ3) is 3.88. The molecule has 1 aliphatic rings. The maximum absolute atomic E-state index is 11.9. The van der Waals surface area contributed by atoms with Crippen molar-refractivity contribution in [3.63, 3.8) is 0 Å². The molecule has 6 nitrogen and oxygen atoms in total. The van der Waals surface area contributed by atoms with Gasteiger partial charge in [-0.3, -0.25) is 9.69 Å². The van der Waals surface area contributed by atoms with Crippen LogP contribution in [0.2, 0.25) is 0 Å². The van der Waals surface area contributed by atoms with Crippen molar-refractivity contribution in [2.75, 3.05) is 18.9 Å². The Kier molecular flexibility index (Phi) is 3.96. The molecule has 1 aliphatic carbocycles. The van der Waals surface area contributed by atoms with Gasteiger partial charge >= 0.3 is 0 Å². The van der Waals surface area contributed by atoms with Crippen molar-refractivity contribution in [3.05, 3.63) is 42.1 Å². The van der Waals surface area contributed by atoms with E-state index < -0.39 is 0 Å². The summed E-state index contributed by atoms with van der Waals surface area (Å²) in [6, 6.07) is 9.40. The van der Waals surface area contributed by atoms with E-state index in [-0.39, 0.29) is 12.5 Å². The number of nitrogens with one attached hydrogen (secondary N) is 1. The van der Waals surface area contributed by atoms with Crippen LogP contribution in [0.15, 0.2) is 34.7 Å². The van der Waals surface area contributed by atoms with Crippen molar-refractivity contribution < 1.29 is 9.21 Å². The third-order valence-corrected chi connectivity index (χ3v) is 3.29. The lowest BCUT2D eigenvalue weighted by molar-refractivity contribution is -0.117. The van der Waals surface area contributed by atoms with Gasteiger partial charge in [-0.1, -0.05) is 18.2 Å². The van der Waals surface area contributed by atoms with Crippen LogP contribution in [0.1, 0.15) is 30.5 Å². The van der Waals surface area contributed by atoms with E-state index in [1.165, 1.54) is 0 Å². The second-order valence-electron chi connectivity index (χ2n) is 5.39. The van der Waals surface area contributed by atoms with Crippen LogP contribution in [0.5, 0.6) is 0 Å². The molecule has 2 aromatic rings. The first-order valence-corrected chi connectivity index (χ1v) is 7.06. The summed E-state index contributed by atoms with van der Waals surface area (Å²) in [5.74, 6) is 1.68. The normalized spacial score (nSPS) is 14.4. The second kappa shape index (κ2) is 6.05. The van der Waals surface area contributed by atoms with Crippen molar-refractivity contribution in [2.24, 2.45) is 0 Å². The number of likely N-dealkylation sites (N-methyl/N-ethyl adjacent to an activating group) is 1. The third-order valence-electron chi connectivity index (χ3n) is 3.29. The number of benzene rings is 1. The molecule has 1 N–H and O–H groups in total. The van der Waals surface area contributed by atoms with Crippen LogP contribution in [0.25, 0.3) is 0 Å². The lowest BCUT2D eigenvalue weighted by atomic mass is 10.3. The minimum atomic E-state index is -0.0642. The molecule has 0 bridgehead atoms. The molecule has 1 heterocycles. The first-order valence-electron chi connectivity index (χ1n) is 7.06. The molecular weight excluding hydrogens is 268 g/mol. The molecule has 0 spiro atoms. The van der Waals surface area contributed by atoms with E-state index in [2.05, 4.69) is 15.5 Å². The molecule has 21 heavy (non-hydrogen) atoms. The number of rotatable bonds is 6. The van der Waals surface area contributed by atoms with E-state index in [0.29, 0.717) is 18.4 Å². The number of hydrogen-bond donors (Lipinski definition) is 1. The minimum absolute atomic E-state index is 0.0642. The van der Waals surface area contributed by atoms with Gasteiger partial charge in [0.25, 0.3) is 0 Å². The minimum Gasteiger partial charge on any atom is -0.424 e. The number of nitrogens with zero attached hydrogens (tertiary/aromatic N) is 3. The fourth-order valence-electron chi connectivity index (χ4n) is 2.08. The van der Waals surface area contributed by atoms with Crippen LogP contribution in [0.4, 0.5) is 5.69 Å². The Morgan fingerprint density at radius 1 is 1.33 bits per heavy atom. The van der Waals surface area contributed by atoms with Crippen molar-refractivity contribution in [1.29, 1.82) is 0 Å². The van der Waals surface area contributed by atoms with E-state index in [4.69, 9.17) is 4.42 Å². The lowest BCUT2D eigenvalue weighted by Gasteiger charge is -2.13. The average molecular weight is 286 g/mol. The Balaban J connectivity index is 1.48. The van der Waals surface area contributed by atoms with E-state index >= 15 is 0 Å². The van der Waals surface area contributed by atoms with Crippen LogP contribution in [-0.2, 0) is 11.3 Å². The Morgan fingerprint density at radius 3 is 2.81 bits per heavy atom. The zero-order valence-corrected chi connectivity index (χ0v) is 12.0. The van der Waals surface area contributed by atoms with Gasteiger partial charge in [-0.05, 0) is 32.0 Å². The van der Waals surface area contributed by atoms with Gasteiger partial charge in [-0.25, -0.2) is 0 Å². The SMILES string of the molecule is CN(CC(=O)Nc1ccccc1)Cc1nnc(C2CC2)o1. The van der Waals surface area contributed by atoms with Crippen LogP contribution < -0.4 is 5.32 Å². The molecule has 0 radical (unpaired) electrons. The highest BCUT2D eigenvalue weighted by molar-refractivity contribution is 5.92. The molecule has 1 fully saturated rings. The summed E-state index contributed by atoms with van der Waals surface area (Å²) >= 11 is 0.